The number of hydrogen-bond acceptors (Lipinski definition) is 14. The summed E-state index contributed by atoms with van der Waals surface area (Å²) in [5.41, 5.74) is 1.26. The topological polar surface area (TPSA) is 214 Å². The maximum Gasteiger partial charge on any atom is 0.331 e. The Hall–Kier alpha value is -3.31. The molecule has 0 unspecified atom stereocenters. The Bertz CT molecular complexity index is 1250. The number of aromatic hydroxyl groups is 2. The summed E-state index contributed by atoms with van der Waals surface area (Å²) in [6.07, 6.45) is -11.8. The predicted octanol–water partition coefficient (Wildman–Crippen LogP) is -0.418. The number of benzene rings is 2. The van der Waals surface area contributed by atoms with Gasteiger partial charge in [0.05, 0.1) is 26.4 Å². The van der Waals surface area contributed by atoms with Crippen molar-refractivity contribution in [1.82, 2.24) is 0 Å². The van der Waals surface area contributed by atoms with Crippen LogP contribution in [0.2, 0.25) is 0 Å². The number of aliphatic hydroxyl groups is 5. The summed E-state index contributed by atoms with van der Waals surface area (Å²) in [6, 6.07) is 11.0. The summed E-state index contributed by atoms with van der Waals surface area (Å²) < 4.78 is 33.5. The number of phenols is 2. The Morgan fingerprint density at radius 2 is 1.61 bits per heavy atom. The SMILES string of the molecule is COc1ccc(/C=C/C(=O)O[C@H]2[C@H](O[C@@H]3O[C@@H](C)[C@H](O)[C@@H](O)[C@H]3O)[C@@H](O)[C@H](OCCc3ccc(O)c(O)c3)O[C@@H]2CO)cc1. The Morgan fingerprint density at radius 1 is 0.886 bits per heavy atom. The number of esters is 1. The van der Waals surface area contributed by atoms with E-state index in [9.17, 15) is 40.5 Å². The minimum atomic E-state index is -1.74. The number of rotatable bonds is 11. The molecule has 2 heterocycles. The molecule has 44 heavy (non-hydrogen) atoms. The van der Waals surface area contributed by atoms with Crippen molar-refractivity contribution in [3.63, 3.8) is 0 Å². The van der Waals surface area contributed by atoms with E-state index in [1.54, 1.807) is 30.3 Å². The molecule has 7 N–H and O–H groups in total. The van der Waals surface area contributed by atoms with Crippen LogP contribution < -0.4 is 4.74 Å². The summed E-state index contributed by atoms with van der Waals surface area (Å²) in [6.45, 7) is 0.710. The second kappa shape index (κ2) is 15.1. The number of ether oxygens (including phenoxy) is 6. The Labute approximate surface area is 253 Å². The highest BCUT2D eigenvalue weighted by Gasteiger charge is 2.52. The monoisotopic (exact) mass is 622 g/mol. The lowest BCUT2D eigenvalue weighted by Gasteiger charge is -2.46. The van der Waals surface area contributed by atoms with Gasteiger partial charge in [0.1, 0.15) is 42.4 Å². The van der Waals surface area contributed by atoms with Gasteiger partial charge in [-0.25, -0.2) is 4.79 Å². The molecule has 14 heteroatoms. The van der Waals surface area contributed by atoms with Gasteiger partial charge in [-0.1, -0.05) is 18.2 Å². The molecule has 242 valence electrons. The molecule has 2 aromatic rings. The van der Waals surface area contributed by atoms with Crippen molar-refractivity contribution in [1.29, 1.82) is 0 Å². The highest BCUT2D eigenvalue weighted by atomic mass is 16.7. The van der Waals surface area contributed by atoms with Crippen LogP contribution in [-0.4, -0.2) is 123 Å². The van der Waals surface area contributed by atoms with Gasteiger partial charge in [-0.2, -0.15) is 0 Å². The molecule has 14 nitrogen and oxygen atoms in total. The first kappa shape index (κ1) is 33.6. The average molecular weight is 623 g/mol. The van der Waals surface area contributed by atoms with Gasteiger partial charge >= 0.3 is 5.97 Å². The molecule has 2 aliphatic rings. The van der Waals surface area contributed by atoms with Crippen LogP contribution in [0.25, 0.3) is 6.08 Å². The molecule has 2 saturated heterocycles. The fourth-order valence-corrected chi connectivity index (χ4v) is 4.83. The highest BCUT2D eigenvalue weighted by Crippen LogP contribution is 2.32. The second-order valence-corrected chi connectivity index (χ2v) is 10.5. The van der Waals surface area contributed by atoms with Crippen LogP contribution in [0.1, 0.15) is 18.1 Å². The first-order chi connectivity index (χ1) is 21.0. The van der Waals surface area contributed by atoms with Crippen LogP contribution in [0.3, 0.4) is 0 Å². The van der Waals surface area contributed by atoms with E-state index >= 15 is 0 Å². The maximum atomic E-state index is 12.9. The molecule has 0 aliphatic carbocycles. The van der Waals surface area contributed by atoms with E-state index < -0.39 is 74.0 Å². The van der Waals surface area contributed by atoms with E-state index in [1.807, 2.05) is 0 Å². The third-order valence-electron chi connectivity index (χ3n) is 7.39. The summed E-state index contributed by atoms with van der Waals surface area (Å²) in [5, 5.41) is 71.5. The molecule has 4 rings (SSSR count). The molecule has 2 fully saturated rings. The van der Waals surface area contributed by atoms with E-state index in [0.29, 0.717) is 16.9 Å². The Kier molecular flexibility index (Phi) is 11.5. The van der Waals surface area contributed by atoms with Gasteiger partial charge in [0.15, 0.2) is 30.2 Å². The van der Waals surface area contributed by atoms with Crippen LogP contribution >= 0.6 is 0 Å². The minimum Gasteiger partial charge on any atom is -0.504 e. The standard InChI is InChI=1S/C30H38O14/c1-15-23(35)24(36)25(37)30(41-15)44-28-26(38)29(40-12-11-17-5-9-19(32)20(33)13-17)42-21(14-31)27(28)43-22(34)10-6-16-3-7-18(39-2)8-4-16/h3-10,13,15,21,23-33,35-38H,11-12,14H2,1-2H3/b10-6+/t15-,21+,23-,24+,25+,26+,27+,28+,29+,30-/m0/s1. The van der Waals surface area contributed by atoms with E-state index in [-0.39, 0.29) is 24.5 Å². The third kappa shape index (κ3) is 8.04. The summed E-state index contributed by atoms with van der Waals surface area (Å²) in [4.78, 5) is 12.9. The lowest BCUT2D eigenvalue weighted by atomic mass is 9.97. The minimum absolute atomic E-state index is 0.0453. The molecular weight excluding hydrogens is 584 g/mol. The maximum absolute atomic E-state index is 12.9. The van der Waals surface area contributed by atoms with Crippen LogP contribution in [-0.2, 0) is 34.9 Å². The average Bonchev–Trinajstić information content (AvgIpc) is 3.02. The zero-order chi connectivity index (χ0) is 32.0. The van der Waals surface area contributed by atoms with Crippen LogP contribution in [0.5, 0.6) is 17.2 Å². The van der Waals surface area contributed by atoms with Crippen molar-refractivity contribution in [3.05, 3.63) is 59.7 Å². The highest BCUT2D eigenvalue weighted by molar-refractivity contribution is 5.87. The molecule has 0 bridgehead atoms. The van der Waals surface area contributed by atoms with Crippen molar-refractivity contribution in [2.24, 2.45) is 0 Å². The molecule has 2 aliphatic heterocycles. The largest absolute Gasteiger partial charge is 0.504 e. The van der Waals surface area contributed by atoms with E-state index in [2.05, 4.69) is 0 Å². The van der Waals surface area contributed by atoms with Gasteiger partial charge in [0.2, 0.25) is 0 Å². The molecule has 0 radical (unpaired) electrons. The van der Waals surface area contributed by atoms with Gasteiger partial charge in [-0.15, -0.1) is 0 Å². The van der Waals surface area contributed by atoms with E-state index in [1.165, 1.54) is 32.2 Å². The van der Waals surface area contributed by atoms with Gasteiger partial charge in [-0.3, -0.25) is 0 Å². The van der Waals surface area contributed by atoms with Crippen LogP contribution in [0.15, 0.2) is 48.5 Å². The molecule has 2 aromatic carbocycles. The Balaban J connectivity index is 1.51. The lowest BCUT2D eigenvalue weighted by Crippen LogP contribution is -2.65. The number of phenolic OH excluding ortho intramolecular Hbond substituents is 2. The number of methoxy groups -OCH3 is 1. The van der Waals surface area contributed by atoms with E-state index in [4.69, 9.17) is 28.4 Å². The van der Waals surface area contributed by atoms with Gasteiger partial charge in [0.25, 0.3) is 0 Å². The number of aliphatic hydroxyl groups excluding tert-OH is 5. The molecule has 0 saturated carbocycles. The summed E-state index contributed by atoms with van der Waals surface area (Å²) >= 11 is 0. The van der Waals surface area contributed by atoms with Crippen molar-refractivity contribution in [2.45, 2.75) is 74.8 Å². The molecular formula is C30H38O14. The van der Waals surface area contributed by atoms with Gasteiger partial charge < -0.3 is 64.2 Å². The molecule has 0 aromatic heterocycles. The zero-order valence-electron chi connectivity index (χ0n) is 24.1. The molecule has 10 atom stereocenters. The first-order valence-electron chi connectivity index (χ1n) is 14.0. The van der Waals surface area contributed by atoms with Gasteiger partial charge in [-0.05, 0) is 54.8 Å². The fraction of sp³-hybridized carbons (Fsp3) is 0.500. The van der Waals surface area contributed by atoms with E-state index in [0.717, 1.165) is 6.08 Å². The molecule has 0 amide bonds. The predicted molar refractivity (Wildman–Crippen MR) is 150 cm³/mol. The van der Waals surface area contributed by atoms with Crippen molar-refractivity contribution in [3.8, 4) is 17.2 Å². The van der Waals surface area contributed by atoms with Gasteiger partial charge in [0, 0.05) is 6.08 Å². The smallest absolute Gasteiger partial charge is 0.331 e. The number of carbonyl (C=O) groups excluding carboxylic acids is 1. The third-order valence-corrected chi connectivity index (χ3v) is 7.39. The normalized spacial score (nSPS) is 32.4. The second-order valence-electron chi connectivity index (χ2n) is 10.5. The Morgan fingerprint density at radius 3 is 2.27 bits per heavy atom. The van der Waals surface area contributed by atoms with Crippen molar-refractivity contribution in [2.75, 3.05) is 20.3 Å². The van der Waals surface area contributed by atoms with Crippen LogP contribution in [0, 0.1) is 0 Å². The quantitative estimate of drug-likeness (QED) is 0.0964. The lowest BCUT2D eigenvalue weighted by molar-refractivity contribution is -0.357. The summed E-state index contributed by atoms with van der Waals surface area (Å²) in [7, 11) is 1.52. The van der Waals surface area contributed by atoms with Crippen LogP contribution in [0.4, 0.5) is 0 Å². The fourth-order valence-electron chi connectivity index (χ4n) is 4.83. The summed E-state index contributed by atoms with van der Waals surface area (Å²) in [5.74, 6) is -0.844. The molecule has 0 spiro atoms. The van der Waals surface area contributed by atoms with Crippen molar-refractivity contribution >= 4 is 12.0 Å². The van der Waals surface area contributed by atoms with Crippen molar-refractivity contribution < 1.29 is 69.0 Å². The first-order valence-corrected chi connectivity index (χ1v) is 14.0. The zero-order valence-corrected chi connectivity index (χ0v) is 24.1. The number of carbonyl (C=O) groups is 1. The number of hydrogen-bond donors (Lipinski definition) is 7.